The molecular formula is C21H20F2N2O4S. The molecule has 0 aliphatic heterocycles. The molecule has 1 aromatic heterocycles. The summed E-state index contributed by atoms with van der Waals surface area (Å²) < 4.78 is 38.1. The first-order valence-corrected chi connectivity index (χ1v) is 10.1. The van der Waals surface area contributed by atoms with Gasteiger partial charge in [0.1, 0.15) is 16.3 Å². The monoisotopic (exact) mass is 434 g/mol. The lowest BCUT2D eigenvalue weighted by atomic mass is 10.2. The van der Waals surface area contributed by atoms with Gasteiger partial charge in [-0.15, -0.1) is 11.3 Å². The van der Waals surface area contributed by atoms with E-state index in [0.717, 1.165) is 6.07 Å². The molecule has 0 unspecified atom stereocenters. The van der Waals surface area contributed by atoms with Crippen LogP contribution >= 0.6 is 11.3 Å². The van der Waals surface area contributed by atoms with E-state index >= 15 is 0 Å². The molecule has 0 bridgehead atoms. The minimum atomic E-state index is -1.02. The summed E-state index contributed by atoms with van der Waals surface area (Å²) in [7, 11) is 1.51. The Morgan fingerprint density at radius 2 is 1.97 bits per heavy atom. The van der Waals surface area contributed by atoms with E-state index < -0.39 is 17.6 Å². The average molecular weight is 434 g/mol. The zero-order chi connectivity index (χ0) is 21.7. The van der Waals surface area contributed by atoms with Gasteiger partial charge in [-0.2, -0.15) is 0 Å². The van der Waals surface area contributed by atoms with Crippen molar-refractivity contribution in [1.82, 2.24) is 4.98 Å². The number of aromatic nitrogens is 1. The second-order valence-electron chi connectivity index (χ2n) is 6.30. The maximum Gasteiger partial charge on any atom is 0.306 e. The molecule has 0 saturated heterocycles. The van der Waals surface area contributed by atoms with E-state index in [1.54, 1.807) is 31.2 Å². The largest absolute Gasteiger partial charge is 0.497 e. The molecule has 0 radical (unpaired) electrons. The predicted molar refractivity (Wildman–Crippen MR) is 110 cm³/mol. The zero-order valence-electron chi connectivity index (χ0n) is 16.5. The Hall–Kier alpha value is -3.07. The smallest absolute Gasteiger partial charge is 0.306 e. The molecule has 1 amide bonds. The fourth-order valence-electron chi connectivity index (χ4n) is 2.87. The van der Waals surface area contributed by atoms with Crippen LogP contribution in [0.25, 0.3) is 10.2 Å². The average Bonchev–Trinajstić information content (AvgIpc) is 3.17. The van der Waals surface area contributed by atoms with Crippen LogP contribution in [0, 0.1) is 11.6 Å². The maximum absolute atomic E-state index is 14.0. The first kappa shape index (κ1) is 21.6. The summed E-state index contributed by atoms with van der Waals surface area (Å²) in [6, 6.07) is 9.36. The molecule has 0 N–H and O–H groups in total. The second kappa shape index (κ2) is 9.62. The van der Waals surface area contributed by atoms with E-state index in [2.05, 4.69) is 4.98 Å². The molecule has 3 aromatic rings. The van der Waals surface area contributed by atoms with Crippen molar-refractivity contribution in [2.45, 2.75) is 26.3 Å². The molecular weight excluding hydrogens is 414 g/mol. The standard InChI is InChI=1S/C21H20F2N2O4S/c1-3-29-19(27)10-9-18(26)25(13-5-4-6-14(11-13)28-2)12-17-24-21-16(30-17)8-7-15(22)20(21)23/h4-8,11H,3,9-10,12H2,1-2H3. The van der Waals surface area contributed by atoms with Gasteiger partial charge in [-0.1, -0.05) is 6.07 Å². The molecule has 9 heteroatoms. The molecule has 30 heavy (non-hydrogen) atoms. The van der Waals surface area contributed by atoms with Crippen molar-refractivity contribution >= 4 is 39.1 Å². The van der Waals surface area contributed by atoms with Gasteiger partial charge in [0.25, 0.3) is 0 Å². The van der Waals surface area contributed by atoms with E-state index in [1.807, 2.05) is 0 Å². The first-order valence-electron chi connectivity index (χ1n) is 9.26. The Balaban J connectivity index is 1.89. The number of fused-ring (bicyclic) bond motifs is 1. The number of amides is 1. The van der Waals surface area contributed by atoms with Crippen LogP contribution in [0.2, 0.25) is 0 Å². The van der Waals surface area contributed by atoms with Gasteiger partial charge in [0.15, 0.2) is 11.6 Å². The lowest BCUT2D eigenvalue weighted by Crippen LogP contribution is -2.30. The summed E-state index contributed by atoms with van der Waals surface area (Å²) in [6.07, 6.45) is -0.128. The number of halogens is 2. The van der Waals surface area contributed by atoms with Crippen molar-refractivity contribution in [2.75, 3.05) is 18.6 Å². The SMILES string of the molecule is CCOC(=O)CCC(=O)N(Cc1nc2c(F)c(F)ccc2s1)c1cccc(OC)c1. The van der Waals surface area contributed by atoms with Crippen molar-refractivity contribution in [1.29, 1.82) is 0 Å². The molecule has 0 saturated carbocycles. The summed E-state index contributed by atoms with van der Waals surface area (Å²) in [5.41, 5.74) is 0.466. The number of thiazole rings is 1. The Bertz CT molecular complexity index is 1070. The summed E-state index contributed by atoms with van der Waals surface area (Å²) in [5, 5.41) is 0.432. The Labute approximate surface area is 176 Å². The van der Waals surface area contributed by atoms with Crippen LogP contribution < -0.4 is 9.64 Å². The Morgan fingerprint density at radius 3 is 2.70 bits per heavy atom. The van der Waals surface area contributed by atoms with Gasteiger partial charge in [0, 0.05) is 18.2 Å². The van der Waals surface area contributed by atoms with Crippen LogP contribution in [-0.2, 0) is 20.9 Å². The van der Waals surface area contributed by atoms with E-state index in [1.165, 1.54) is 29.4 Å². The third-order valence-corrected chi connectivity index (χ3v) is 5.31. The van der Waals surface area contributed by atoms with Gasteiger partial charge < -0.3 is 14.4 Å². The number of esters is 1. The number of nitrogens with zero attached hydrogens (tertiary/aromatic N) is 2. The van der Waals surface area contributed by atoms with Gasteiger partial charge in [-0.3, -0.25) is 9.59 Å². The number of rotatable bonds is 8. The lowest BCUT2D eigenvalue weighted by molar-refractivity contribution is -0.144. The van der Waals surface area contributed by atoms with Crippen LogP contribution in [0.15, 0.2) is 36.4 Å². The summed E-state index contributed by atoms with van der Waals surface area (Å²) in [4.78, 5) is 30.2. The number of ether oxygens (including phenoxy) is 2. The van der Waals surface area contributed by atoms with Gasteiger partial charge in [0.2, 0.25) is 5.91 Å². The van der Waals surface area contributed by atoms with Crippen molar-refractivity contribution < 1.29 is 27.8 Å². The van der Waals surface area contributed by atoms with Crippen molar-refractivity contribution in [3.63, 3.8) is 0 Å². The molecule has 6 nitrogen and oxygen atoms in total. The fourth-order valence-corrected chi connectivity index (χ4v) is 3.82. The van der Waals surface area contributed by atoms with E-state index in [0.29, 0.717) is 21.1 Å². The Morgan fingerprint density at radius 1 is 1.17 bits per heavy atom. The molecule has 0 atom stereocenters. The first-order chi connectivity index (χ1) is 14.4. The van der Waals surface area contributed by atoms with Crippen LogP contribution in [0.4, 0.5) is 14.5 Å². The fraction of sp³-hybridized carbons (Fsp3) is 0.286. The van der Waals surface area contributed by atoms with E-state index in [-0.39, 0.29) is 37.4 Å². The summed E-state index contributed by atoms with van der Waals surface area (Å²) >= 11 is 1.17. The summed E-state index contributed by atoms with van der Waals surface area (Å²) in [5.74, 6) is -2.24. The molecule has 158 valence electrons. The third kappa shape index (κ3) is 4.91. The van der Waals surface area contributed by atoms with Crippen LogP contribution in [-0.4, -0.2) is 30.6 Å². The number of carbonyl (C=O) groups excluding carboxylic acids is 2. The highest BCUT2D eigenvalue weighted by Gasteiger charge is 2.21. The van der Waals surface area contributed by atoms with Crippen LogP contribution in [0.5, 0.6) is 5.75 Å². The highest BCUT2D eigenvalue weighted by molar-refractivity contribution is 7.18. The molecule has 0 aliphatic carbocycles. The lowest BCUT2D eigenvalue weighted by Gasteiger charge is -2.22. The number of carbonyl (C=O) groups is 2. The number of hydrogen-bond donors (Lipinski definition) is 0. The van der Waals surface area contributed by atoms with Crippen LogP contribution in [0.1, 0.15) is 24.8 Å². The van der Waals surface area contributed by atoms with Crippen molar-refractivity contribution in [2.24, 2.45) is 0 Å². The molecule has 0 aliphatic rings. The van der Waals surface area contributed by atoms with Gasteiger partial charge in [-0.05, 0) is 31.2 Å². The molecule has 3 rings (SSSR count). The molecule has 0 fully saturated rings. The number of hydrogen-bond acceptors (Lipinski definition) is 6. The predicted octanol–water partition coefficient (Wildman–Crippen LogP) is 4.46. The van der Waals surface area contributed by atoms with Crippen molar-refractivity contribution in [3.8, 4) is 5.75 Å². The third-order valence-electron chi connectivity index (χ3n) is 4.30. The number of methoxy groups -OCH3 is 1. The Kier molecular flexibility index (Phi) is 6.94. The second-order valence-corrected chi connectivity index (χ2v) is 7.42. The summed E-state index contributed by atoms with van der Waals surface area (Å²) in [6.45, 7) is 1.97. The quantitative estimate of drug-likeness (QED) is 0.490. The topological polar surface area (TPSA) is 68.7 Å². The minimum Gasteiger partial charge on any atom is -0.497 e. The van der Waals surface area contributed by atoms with Crippen LogP contribution in [0.3, 0.4) is 0 Å². The maximum atomic E-state index is 14.0. The highest BCUT2D eigenvalue weighted by atomic mass is 32.1. The van der Waals surface area contributed by atoms with Crippen molar-refractivity contribution in [3.05, 3.63) is 53.0 Å². The number of benzene rings is 2. The molecule has 0 spiro atoms. The normalized spacial score (nSPS) is 10.8. The van der Waals surface area contributed by atoms with Gasteiger partial charge in [-0.25, -0.2) is 13.8 Å². The van der Waals surface area contributed by atoms with E-state index in [4.69, 9.17) is 9.47 Å². The van der Waals surface area contributed by atoms with Gasteiger partial charge >= 0.3 is 5.97 Å². The number of anilines is 1. The molecule has 2 aromatic carbocycles. The van der Waals surface area contributed by atoms with E-state index in [9.17, 15) is 18.4 Å². The molecule has 1 heterocycles. The van der Waals surface area contributed by atoms with Gasteiger partial charge in [0.05, 0.1) is 31.4 Å². The minimum absolute atomic E-state index is 0.0369. The zero-order valence-corrected chi connectivity index (χ0v) is 17.3. The highest BCUT2D eigenvalue weighted by Crippen LogP contribution is 2.29.